The first kappa shape index (κ1) is 31.7. The van der Waals surface area contributed by atoms with Gasteiger partial charge in [0.25, 0.3) is 0 Å². The standard InChI is InChI=1S/C8H12Cl2N4.C6H7Cl2N3O.C3Cl3N3/c1-4-14(5(2)3)8-12-6(9)11-7(10)13-8;1-3(2)12-6-10-4(7)9-5(8)11-6;4-1-7-2(5)9-3(6)8-1/h5H,4H2,1-3H3;3H,1-2H3;. The van der Waals surface area contributed by atoms with Crippen molar-refractivity contribution in [2.45, 2.75) is 46.8 Å². The molecule has 0 atom stereocenters. The minimum absolute atomic E-state index is 0.000000000000000444. The van der Waals surface area contributed by atoms with Gasteiger partial charge in [0.1, 0.15) is 0 Å². The number of hydrogen-bond acceptors (Lipinski definition) is 11. The Kier molecular flexibility index (Phi) is 14.2. The molecule has 192 valence electrons. The first-order valence-electron chi connectivity index (χ1n) is 9.60. The molecule has 11 nitrogen and oxygen atoms in total. The van der Waals surface area contributed by atoms with E-state index in [1.54, 1.807) is 0 Å². The van der Waals surface area contributed by atoms with E-state index in [2.05, 4.69) is 58.7 Å². The zero-order chi connectivity index (χ0) is 26.7. The van der Waals surface area contributed by atoms with Crippen LogP contribution in [0, 0.1) is 0 Å². The molecule has 18 heteroatoms. The highest BCUT2D eigenvalue weighted by molar-refractivity contribution is 6.33. The fourth-order valence-corrected chi connectivity index (χ4v) is 3.37. The van der Waals surface area contributed by atoms with Crippen LogP contribution >= 0.6 is 81.2 Å². The van der Waals surface area contributed by atoms with Crippen molar-refractivity contribution >= 4 is 87.2 Å². The van der Waals surface area contributed by atoms with Gasteiger partial charge < -0.3 is 9.64 Å². The molecule has 0 aliphatic carbocycles. The average molecular weight is 628 g/mol. The summed E-state index contributed by atoms with van der Waals surface area (Å²) in [6.45, 7) is 10.6. The molecule has 0 spiro atoms. The van der Waals surface area contributed by atoms with Gasteiger partial charge >= 0.3 is 6.01 Å². The van der Waals surface area contributed by atoms with E-state index in [9.17, 15) is 0 Å². The molecular weight excluding hydrogens is 608 g/mol. The lowest BCUT2D eigenvalue weighted by molar-refractivity contribution is 0.221. The minimum atomic E-state index is -0.0143. The molecule has 0 aromatic carbocycles. The van der Waals surface area contributed by atoms with Gasteiger partial charge in [-0.1, -0.05) is 0 Å². The highest BCUT2D eigenvalue weighted by Crippen LogP contribution is 2.16. The van der Waals surface area contributed by atoms with E-state index in [4.69, 9.17) is 85.9 Å². The number of anilines is 1. The quantitative estimate of drug-likeness (QED) is 0.320. The predicted molar refractivity (Wildman–Crippen MR) is 138 cm³/mol. The monoisotopic (exact) mass is 624 g/mol. The summed E-state index contributed by atoms with van der Waals surface area (Å²) < 4.78 is 5.14. The summed E-state index contributed by atoms with van der Waals surface area (Å²) in [4.78, 5) is 35.1. The van der Waals surface area contributed by atoms with Gasteiger partial charge in [-0.3, -0.25) is 0 Å². The maximum atomic E-state index is 5.68. The lowest BCUT2D eigenvalue weighted by Gasteiger charge is -2.24. The Morgan fingerprint density at radius 1 is 0.571 bits per heavy atom. The summed E-state index contributed by atoms with van der Waals surface area (Å²) in [5.74, 6) is 0.521. The normalized spacial score (nSPS) is 10.3. The third-order valence-electron chi connectivity index (χ3n) is 3.24. The molecule has 0 amide bonds. The van der Waals surface area contributed by atoms with E-state index >= 15 is 0 Å². The van der Waals surface area contributed by atoms with E-state index in [0.29, 0.717) is 12.0 Å². The van der Waals surface area contributed by atoms with Crippen LogP contribution in [0.4, 0.5) is 5.95 Å². The van der Waals surface area contributed by atoms with E-state index < -0.39 is 0 Å². The molecule has 0 radical (unpaired) electrons. The second kappa shape index (κ2) is 15.7. The van der Waals surface area contributed by atoms with Crippen molar-refractivity contribution in [2.75, 3.05) is 11.4 Å². The summed E-state index contributed by atoms with van der Waals surface area (Å²) >= 11 is 38.3. The largest absolute Gasteiger partial charge is 0.461 e. The van der Waals surface area contributed by atoms with Gasteiger partial charge in [-0.15, -0.1) is 0 Å². The number of aromatic nitrogens is 9. The molecular formula is C17H19Cl7N10O. The van der Waals surface area contributed by atoms with Crippen LogP contribution in [0.2, 0.25) is 37.0 Å². The molecule has 3 aromatic rings. The van der Waals surface area contributed by atoms with Crippen LogP contribution in [0.3, 0.4) is 0 Å². The van der Waals surface area contributed by atoms with Gasteiger partial charge in [0.2, 0.25) is 42.9 Å². The Bertz CT molecular complexity index is 1000. The number of halogens is 7. The Morgan fingerprint density at radius 2 is 0.886 bits per heavy atom. The third-order valence-corrected chi connectivity index (χ3v) is 4.43. The molecule has 0 saturated heterocycles. The van der Waals surface area contributed by atoms with Crippen molar-refractivity contribution in [1.82, 2.24) is 44.9 Å². The Balaban J connectivity index is 0.000000269. The topological polar surface area (TPSA) is 128 Å². The predicted octanol–water partition coefficient (Wildman–Crippen LogP) is 6.21. The molecule has 0 aliphatic heterocycles. The summed E-state index contributed by atoms with van der Waals surface area (Å²) in [6, 6.07) is 0.449. The van der Waals surface area contributed by atoms with Crippen LogP contribution in [0.15, 0.2) is 0 Å². The summed E-state index contributed by atoms with van der Waals surface area (Å²) in [5, 5.41) is 0.314. The van der Waals surface area contributed by atoms with Crippen LogP contribution in [0.5, 0.6) is 6.01 Å². The van der Waals surface area contributed by atoms with Crippen LogP contribution in [-0.4, -0.2) is 63.5 Å². The van der Waals surface area contributed by atoms with Gasteiger partial charge in [-0.25, -0.2) is 0 Å². The van der Waals surface area contributed by atoms with Crippen LogP contribution in [0.1, 0.15) is 34.6 Å². The van der Waals surface area contributed by atoms with Crippen molar-refractivity contribution in [2.24, 2.45) is 0 Å². The van der Waals surface area contributed by atoms with Crippen molar-refractivity contribution < 1.29 is 4.74 Å². The van der Waals surface area contributed by atoms with Crippen LogP contribution in [-0.2, 0) is 0 Å². The molecule has 0 N–H and O–H groups in total. The lowest BCUT2D eigenvalue weighted by atomic mass is 10.3. The van der Waals surface area contributed by atoms with Crippen molar-refractivity contribution in [3.8, 4) is 6.01 Å². The Morgan fingerprint density at radius 3 is 1.17 bits per heavy atom. The van der Waals surface area contributed by atoms with E-state index in [1.807, 2.05) is 25.7 Å². The number of hydrogen-bond donors (Lipinski definition) is 0. The first-order valence-corrected chi connectivity index (χ1v) is 12.2. The smallest absolute Gasteiger partial charge is 0.322 e. The summed E-state index contributed by atoms with van der Waals surface area (Å²) in [7, 11) is 0. The second-order valence-electron chi connectivity index (χ2n) is 6.52. The highest BCUT2D eigenvalue weighted by atomic mass is 35.5. The molecule has 0 fully saturated rings. The van der Waals surface area contributed by atoms with E-state index in [1.165, 1.54) is 0 Å². The van der Waals surface area contributed by atoms with Gasteiger partial charge in [0.05, 0.1) is 6.10 Å². The maximum Gasteiger partial charge on any atom is 0.322 e. The maximum absolute atomic E-state index is 5.68. The molecule has 3 aromatic heterocycles. The molecule has 3 rings (SSSR count). The van der Waals surface area contributed by atoms with Crippen LogP contribution < -0.4 is 9.64 Å². The SMILES string of the molecule is CC(C)Oc1nc(Cl)nc(Cl)n1.CCN(c1nc(Cl)nc(Cl)n1)C(C)C.Clc1nc(Cl)nc(Cl)n1. The Labute approximate surface area is 236 Å². The molecule has 0 unspecified atom stereocenters. The molecule has 0 saturated carbocycles. The lowest BCUT2D eigenvalue weighted by Crippen LogP contribution is -2.32. The zero-order valence-electron chi connectivity index (χ0n) is 18.9. The Hall–Kier alpha value is -1.34. The minimum Gasteiger partial charge on any atom is -0.461 e. The number of ether oxygens (including phenoxy) is 1. The number of rotatable bonds is 5. The number of nitrogens with zero attached hydrogens (tertiary/aromatic N) is 10. The van der Waals surface area contributed by atoms with E-state index in [0.717, 1.165) is 6.54 Å². The van der Waals surface area contributed by atoms with Gasteiger partial charge in [0, 0.05) is 12.6 Å². The molecule has 0 bridgehead atoms. The average Bonchev–Trinajstić information content (AvgIpc) is 2.66. The van der Waals surface area contributed by atoms with Gasteiger partial charge in [-0.05, 0) is 116 Å². The fourth-order valence-electron chi connectivity index (χ4n) is 2.06. The molecule has 3 heterocycles. The molecule has 0 aliphatic rings. The summed E-state index contributed by atoms with van der Waals surface area (Å²) in [5.41, 5.74) is 0. The summed E-state index contributed by atoms with van der Waals surface area (Å²) in [6.07, 6.45) is -0.0143. The van der Waals surface area contributed by atoms with Gasteiger partial charge in [0.15, 0.2) is 0 Å². The van der Waals surface area contributed by atoms with Crippen molar-refractivity contribution in [3.05, 3.63) is 37.0 Å². The van der Waals surface area contributed by atoms with Crippen LogP contribution in [0.25, 0.3) is 0 Å². The van der Waals surface area contributed by atoms with E-state index in [-0.39, 0.29) is 49.1 Å². The second-order valence-corrected chi connectivity index (χ2v) is 8.88. The van der Waals surface area contributed by atoms with Crippen molar-refractivity contribution in [1.29, 1.82) is 0 Å². The van der Waals surface area contributed by atoms with Crippen molar-refractivity contribution in [3.63, 3.8) is 0 Å². The fraction of sp³-hybridized carbons (Fsp3) is 0.471. The third kappa shape index (κ3) is 13.0. The van der Waals surface area contributed by atoms with Gasteiger partial charge in [-0.2, -0.15) is 44.9 Å². The first-order chi connectivity index (χ1) is 16.3. The zero-order valence-corrected chi connectivity index (χ0v) is 24.2. The molecule has 35 heavy (non-hydrogen) atoms. The highest BCUT2D eigenvalue weighted by Gasteiger charge is 2.13.